The van der Waals surface area contributed by atoms with E-state index in [0.29, 0.717) is 0 Å². The molecule has 1 rings (SSSR count). The molecule has 4 nitrogen and oxygen atoms in total. The average Bonchev–Trinajstić information content (AvgIpc) is 2.08. The Kier molecular flexibility index (Phi) is 3.19. The van der Waals surface area contributed by atoms with Crippen LogP contribution < -0.4 is 5.73 Å². The summed E-state index contributed by atoms with van der Waals surface area (Å²) in [5.41, 5.74) is 4.07. The van der Waals surface area contributed by atoms with Crippen molar-refractivity contribution in [2.75, 3.05) is 5.73 Å². The van der Waals surface area contributed by atoms with Crippen molar-refractivity contribution in [1.29, 1.82) is 0 Å². The summed E-state index contributed by atoms with van der Waals surface area (Å²) in [5.74, 6) is -1.49. The van der Waals surface area contributed by atoms with Crippen LogP contribution in [0, 0.1) is 3.70 Å². The van der Waals surface area contributed by atoms with Crippen LogP contribution in [0.3, 0.4) is 0 Å². The van der Waals surface area contributed by atoms with E-state index in [9.17, 15) is 13.6 Å². The van der Waals surface area contributed by atoms with Gasteiger partial charge in [-0.3, -0.25) is 0 Å². The van der Waals surface area contributed by atoms with Gasteiger partial charge in [-0.25, -0.2) is 18.6 Å². The topological polar surface area (TPSA) is 76.2 Å². The number of rotatable bonds is 2. The summed E-state index contributed by atoms with van der Waals surface area (Å²) in [5, 5.41) is 8.59. The van der Waals surface area contributed by atoms with E-state index in [4.69, 9.17) is 10.8 Å². The maximum absolute atomic E-state index is 12.3. The van der Waals surface area contributed by atoms with E-state index in [2.05, 4.69) is 4.98 Å². The SMILES string of the molecule is Nc1cc(C(F)F)c(C(=O)O)nc1I. The number of carboxylic acids is 1. The number of nitrogens with two attached hydrogens (primary N) is 1. The molecule has 3 N–H and O–H groups in total. The lowest BCUT2D eigenvalue weighted by molar-refractivity contribution is 0.0677. The minimum absolute atomic E-state index is 0.0471. The zero-order chi connectivity index (χ0) is 10.9. The molecular formula is C7H5F2IN2O2. The van der Waals surface area contributed by atoms with Crippen molar-refractivity contribution in [3.63, 3.8) is 0 Å². The second-order valence-electron chi connectivity index (χ2n) is 2.41. The van der Waals surface area contributed by atoms with Crippen LogP contribution in [0.15, 0.2) is 6.07 Å². The Labute approximate surface area is 91.3 Å². The van der Waals surface area contributed by atoms with E-state index < -0.39 is 23.7 Å². The van der Waals surface area contributed by atoms with Gasteiger partial charge in [-0.05, 0) is 28.7 Å². The van der Waals surface area contributed by atoms with Crippen LogP contribution in [0.2, 0.25) is 0 Å². The highest BCUT2D eigenvalue weighted by Gasteiger charge is 2.21. The number of hydrogen-bond acceptors (Lipinski definition) is 3. The van der Waals surface area contributed by atoms with Crippen LogP contribution in [-0.2, 0) is 0 Å². The molecule has 0 aliphatic heterocycles. The van der Waals surface area contributed by atoms with Crippen molar-refractivity contribution in [1.82, 2.24) is 4.98 Å². The van der Waals surface area contributed by atoms with Gasteiger partial charge in [0.1, 0.15) is 3.70 Å². The van der Waals surface area contributed by atoms with Gasteiger partial charge < -0.3 is 10.8 Å². The first kappa shape index (κ1) is 11.1. The van der Waals surface area contributed by atoms with Crippen molar-refractivity contribution in [3.8, 4) is 0 Å². The number of anilines is 1. The summed E-state index contributed by atoms with van der Waals surface area (Å²) < 4.78 is 24.9. The third-order valence-electron chi connectivity index (χ3n) is 1.47. The molecule has 0 aliphatic carbocycles. The standard InChI is InChI=1S/C7H5F2IN2O2/c8-5(9)2-1-3(11)6(10)12-4(2)7(13)14/h1,5H,11H2,(H,13,14). The largest absolute Gasteiger partial charge is 0.476 e. The number of nitrogen functional groups attached to an aromatic ring is 1. The molecule has 0 bridgehead atoms. The summed E-state index contributed by atoms with van der Waals surface area (Å²) in [7, 11) is 0. The van der Waals surface area contributed by atoms with E-state index in [0.717, 1.165) is 6.07 Å². The van der Waals surface area contributed by atoms with Crippen LogP contribution in [0.5, 0.6) is 0 Å². The molecule has 0 radical (unpaired) electrons. The molecule has 0 saturated heterocycles. The maximum atomic E-state index is 12.3. The quantitative estimate of drug-likeness (QED) is 0.646. The molecule has 0 saturated carbocycles. The number of carboxylic acid groups (broad SMARTS) is 1. The number of halogens is 3. The van der Waals surface area contributed by atoms with Crippen molar-refractivity contribution < 1.29 is 18.7 Å². The molecule has 1 heterocycles. The molecule has 0 fully saturated rings. The van der Waals surface area contributed by atoms with E-state index in [1.807, 2.05) is 0 Å². The van der Waals surface area contributed by atoms with Gasteiger partial charge in [-0.2, -0.15) is 0 Å². The highest BCUT2D eigenvalue weighted by Crippen LogP contribution is 2.26. The lowest BCUT2D eigenvalue weighted by Crippen LogP contribution is -2.09. The molecule has 7 heteroatoms. The molecule has 1 aromatic rings. The average molecular weight is 314 g/mol. The number of nitrogens with zero attached hydrogens (tertiary/aromatic N) is 1. The number of aromatic carboxylic acids is 1. The van der Waals surface area contributed by atoms with Crippen molar-refractivity contribution in [3.05, 3.63) is 21.0 Å². The minimum Gasteiger partial charge on any atom is -0.476 e. The summed E-state index contributed by atoms with van der Waals surface area (Å²) in [6, 6.07) is 0.933. The monoisotopic (exact) mass is 314 g/mol. The summed E-state index contributed by atoms with van der Waals surface area (Å²) >= 11 is 1.68. The molecule has 0 amide bonds. The van der Waals surface area contributed by atoms with Crippen LogP contribution in [0.4, 0.5) is 14.5 Å². The molecule has 0 spiro atoms. The van der Waals surface area contributed by atoms with E-state index in [-0.39, 0.29) is 9.39 Å². The molecular weight excluding hydrogens is 309 g/mol. The molecule has 1 aromatic heterocycles. The first-order chi connectivity index (χ1) is 6.43. The third kappa shape index (κ3) is 2.08. The van der Waals surface area contributed by atoms with E-state index >= 15 is 0 Å². The molecule has 14 heavy (non-hydrogen) atoms. The molecule has 76 valence electrons. The fourth-order valence-corrected chi connectivity index (χ4v) is 1.26. The van der Waals surface area contributed by atoms with Gasteiger partial charge in [-0.15, -0.1) is 0 Å². The van der Waals surface area contributed by atoms with Crippen LogP contribution in [-0.4, -0.2) is 16.1 Å². The van der Waals surface area contributed by atoms with Crippen LogP contribution in [0.1, 0.15) is 22.5 Å². The molecule has 0 atom stereocenters. The first-order valence-corrected chi connectivity index (χ1v) is 4.48. The number of hydrogen-bond donors (Lipinski definition) is 2. The lowest BCUT2D eigenvalue weighted by Gasteiger charge is -2.06. The van der Waals surface area contributed by atoms with Gasteiger partial charge >= 0.3 is 5.97 Å². The second-order valence-corrected chi connectivity index (χ2v) is 3.43. The summed E-state index contributed by atoms with van der Waals surface area (Å²) in [6.45, 7) is 0. The maximum Gasteiger partial charge on any atom is 0.355 e. The molecule has 0 aliphatic rings. The zero-order valence-electron chi connectivity index (χ0n) is 6.67. The normalized spacial score (nSPS) is 10.6. The van der Waals surface area contributed by atoms with Crippen molar-refractivity contribution in [2.24, 2.45) is 0 Å². The smallest absolute Gasteiger partial charge is 0.355 e. The molecule has 0 unspecified atom stereocenters. The van der Waals surface area contributed by atoms with E-state index in [1.54, 1.807) is 22.6 Å². The third-order valence-corrected chi connectivity index (χ3v) is 2.33. The summed E-state index contributed by atoms with van der Waals surface area (Å²) in [6.07, 6.45) is -2.90. The van der Waals surface area contributed by atoms with Gasteiger partial charge in [0.25, 0.3) is 6.43 Å². The number of carbonyl (C=O) groups is 1. The van der Waals surface area contributed by atoms with Gasteiger partial charge in [0.05, 0.1) is 11.3 Å². The fraction of sp³-hybridized carbons (Fsp3) is 0.143. The lowest BCUT2D eigenvalue weighted by atomic mass is 10.2. The molecule has 0 aromatic carbocycles. The van der Waals surface area contributed by atoms with Crippen molar-refractivity contribution >= 4 is 34.2 Å². The van der Waals surface area contributed by atoms with Gasteiger partial charge in [0.15, 0.2) is 5.69 Å². The number of alkyl halides is 2. The first-order valence-electron chi connectivity index (χ1n) is 3.41. The minimum atomic E-state index is -2.90. The predicted molar refractivity (Wildman–Crippen MR) is 53.3 cm³/mol. The van der Waals surface area contributed by atoms with Gasteiger partial charge in [0.2, 0.25) is 0 Å². The summed E-state index contributed by atoms with van der Waals surface area (Å²) in [4.78, 5) is 14.0. The Bertz CT molecular complexity index is 384. The Hall–Kier alpha value is -0.990. The van der Waals surface area contributed by atoms with Crippen LogP contribution in [0.25, 0.3) is 0 Å². The Morgan fingerprint density at radius 1 is 1.64 bits per heavy atom. The number of pyridine rings is 1. The predicted octanol–water partition coefficient (Wildman–Crippen LogP) is 1.90. The Morgan fingerprint density at radius 2 is 2.21 bits per heavy atom. The zero-order valence-corrected chi connectivity index (χ0v) is 8.83. The van der Waals surface area contributed by atoms with Crippen LogP contribution >= 0.6 is 22.6 Å². The number of aromatic nitrogens is 1. The highest BCUT2D eigenvalue weighted by atomic mass is 127. The van der Waals surface area contributed by atoms with Crippen molar-refractivity contribution in [2.45, 2.75) is 6.43 Å². The second kappa shape index (κ2) is 4.03. The Morgan fingerprint density at radius 3 is 2.64 bits per heavy atom. The Balaban J connectivity index is 3.39. The fourth-order valence-electron chi connectivity index (χ4n) is 0.860. The highest BCUT2D eigenvalue weighted by molar-refractivity contribution is 14.1. The van der Waals surface area contributed by atoms with Gasteiger partial charge in [-0.1, -0.05) is 0 Å². The van der Waals surface area contributed by atoms with Gasteiger partial charge in [0, 0.05) is 0 Å². The van der Waals surface area contributed by atoms with E-state index in [1.165, 1.54) is 0 Å².